The average molecular weight is 328 g/mol. The van der Waals surface area contributed by atoms with Crippen LogP contribution in [0.1, 0.15) is 5.56 Å². The molecule has 3 rings (SSSR count). The standard InChI is InChI=1S/C18H20N2O2S/c1-14-5-4-6-15(13-14)22-11-12-23-18-19-16-7-2-3-8-17(16)20(18)9-10-21/h2-8,13,21H,9-12H2,1H3. The van der Waals surface area contributed by atoms with Gasteiger partial charge in [-0.05, 0) is 36.8 Å². The molecule has 3 aromatic rings. The third kappa shape index (κ3) is 3.86. The molecule has 0 aliphatic heterocycles. The van der Waals surface area contributed by atoms with Crippen molar-refractivity contribution in [1.29, 1.82) is 0 Å². The zero-order chi connectivity index (χ0) is 16.1. The Morgan fingerprint density at radius 3 is 2.87 bits per heavy atom. The largest absolute Gasteiger partial charge is 0.493 e. The summed E-state index contributed by atoms with van der Waals surface area (Å²) in [7, 11) is 0. The Hall–Kier alpha value is -1.98. The topological polar surface area (TPSA) is 47.3 Å². The van der Waals surface area contributed by atoms with E-state index in [2.05, 4.69) is 22.5 Å². The van der Waals surface area contributed by atoms with Gasteiger partial charge in [-0.3, -0.25) is 0 Å². The second-order valence-corrected chi connectivity index (χ2v) is 6.33. The van der Waals surface area contributed by atoms with Crippen LogP contribution in [0.25, 0.3) is 11.0 Å². The van der Waals surface area contributed by atoms with Crippen molar-refractivity contribution < 1.29 is 9.84 Å². The fourth-order valence-electron chi connectivity index (χ4n) is 2.48. The van der Waals surface area contributed by atoms with Crippen molar-refractivity contribution in [3.8, 4) is 5.75 Å². The maximum Gasteiger partial charge on any atom is 0.169 e. The first-order valence-electron chi connectivity index (χ1n) is 7.66. The van der Waals surface area contributed by atoms with Gasteiger partial charge in [0.25, 0.3) is 0 Å². The molecule has 2 aromatic carbocycles. The molecular weight excluding hydrogens is 308 g/mol. The number of ether oxygens (including phenoxy) is 1. The number of hydrogen-bond donors (Lipinski definition) is 1. The van der Waals surface area contributed by atoms with Crippen LogP contribution in [0.15, 0.2) is 53.7 Å². The van der Waals surface area contributed by atoms with E-state index < -0.39 is 0 Å². The Morgan fingerprint density at radius 1 is 1.17 bits per heavy atom. The number of benzene rings is 2. The van der Waals surface area contributed by atoms with Crippen molar-refractivity contribution in [1.82, 2.24) is 9.55 Å². The number of nitrogens with zero attached hydrogens (tertiary/aromatic N) is 2. The lowest BCUT2D eigenvalue weighted by atomic mass is 10.2. The lowest BCUT2D eigenvalue weighted by Gasteiger charge is -2.08. The molecule has 0 aliphatic carbocycles. The summed E-state index contributed by atoms with van der Waals surface area (Å²) in [5.41, 5.74) is 3.21. The summed E-state index contributed by atoms with van der Waals surface area (Å²) in [6.45, 7) is 3.34. The number of aryl methyl sites for hydroxylation is 1. The molecule has 0 bridgehead atoms. The lowest BCUT2D eigenvalue weighted by Crippen LogP contribution is -2.05. The Bertz CT molecular complexity index is 786. The first-order chi connectivity index (χ1) is 11.3. The number of rotatable bonds is 7. The Kier molecular flexibility index (Phi) is 5.20. The molecule has 0 amide bonds. The summed E-state index contributed by atoms with van der Waals surface area (Å²) in [6.07, 6.45) is 0. The molecule has 1 aromatic heterocycles. The van der Waals surface area contributed by atoms with Gasteiger partial charge in [-0.25, -0.2) is 4.98 Å². The van der Waals surface area contributed by atoms with Gasteiger partial charge in [0.2, 0.25) is 0 Å². The van der Waals surface area contributed by atoms with Gasteiger partial charge in [-0.2, -0.15) is 0 Å². The fraction of sp³-hybridized carbons (Fsp3) is 0.278. The second-order valence-electron chi connectivity index (χ2n) is 5.27. The molecule has 120 valence electrons. The van der Waals surface area contributed by atoms with Crippen LogP contribution in [0.2, 0.25) is 0 Å². The van der Waals surface area contributed by atoms with Gasteiger partial charge in [-0.15, -0.1) is 0 Å². The van der Waals surface area contributed by atoms with Gasteiger partial charge in [0.15, 0.2) is 5.16 Å². The van der Waals surface area contributed by atoms with Crippen molar-refractivity contribution in [2.75, 3.05) is 19.0 Å². The maximum absolute atomic E-state index is 9.29. The highest BCUT2D eigenvalue weighted by Crippen LogP contribution is 2.24. The van der Waals surface area contributed by atoms with Crippen molar-refractivity contribution in [3.05, 3.63) is 54.1 Å². The number of aliphatic hydroxyl groups is 1. The van der Waals surface area contributed by atoms with Crippen LogP contribution >= 0.6 is 11.8 Å². The first-order valence-corrected chi connectivity index (χ1v) is 8.65. The van der Waals surface area contributed by atoms with Crippen LogP contribution in [0.5, 0.6) is 5.75 Å². The molecule has 0 atom stereocenters. The summed E-state index contributed by atoms with van der Waals surface area (Å²) in [4.78, 5) is 4.65. The third-order valence-electron chi connectivity index (χ3n) is 3.52. The number of para-hydroxylation sites is 2. The van der Waals surface area contributed by atoms with E-state index in [0.717, 1.165) is 27.7 Å². The Balaban J connectivity index is 1.63. The summed E-state index contributed by atoms with van der Waals surface area (Å²) < 4.78 is 7.84. The van der Waals surface area contributed by atoms with Crippen molar-refractivity contribution in [2.45, 2.75) is 18.6 Å². The molecule has 0 aliphatic rings. The van der Waals surface area contributed by atoms with Gasteiger partial charge in [-0.1, -0.05) is 36.0 Å². The van der Waals surface area contributed by atoms with Crippen LogP contribution in [0, 0.1) is 6.92 Å². The zero-order valence-electron chi connectivity index (χ0n) is 13.1. The SMILES string of the molecule is Cc1cccc(OCCSc2nc3ccccc3n2CCO)c1. The minimum Gasteiger partial charge on any atom is -0.493 e. The monoisotopic (exact) mass is 328 g/mol. The highest BCUT2D eigenvalue weighted by Gasteiger charge is 2.10. The van der Waals surface area contributed by atoms with E-state index in [1.165, 1.54) is 5.56 Å². The van der Waals surface area contributed by atoms with Crippen molar-refractivity contribution in [2.24, 2.45) is 0 Å². The number of hydrogen-bond acceptors (Lipinski definition) is 4. The summed E-state index contributed by atoms with van der Waals surface area (Å²) in [5, 5.41) is 10.2. The minimum atomic E-state index is 0.105. The molecule has 0 saturated carbocycles. The van der Waals surface area contributed by atoms with Gasteiger partial charge < -0.3 is 14.4 Å². The highest BCUT2D eigenvalue weighted by molar-refractivity contribution is 7.99. The van der Waals surface area contributed by atoms with E-state index in [9.17, 15) is 5.11 Å². The maximum atomic E-state index is 9.29. The molecule has 0 spiro atoms. The van der Waals surface area contributed by atoms with Crippen LogP contribution in [0.4, 0.5) is 0 Å². The molecule has 0 unspecified atom stereocenters. The van der Waals surface area contributed by atoms with E-state index in [4.69, 9.17) is 4.74 Å². The number of thioether (sulfide) groups is 1. The van der Waals surface area contributed by atoms with E-state index in [1.807, 2.05) is 42.5 Å². The lowest BCUT2D eigenvalue weighted by molar-refractivity contribution is 0.273. The Labute approximate surface area is 140 Å². The van der Waals surface area contributed by atoms with E-state index in [-0.39, 0.29) is 6.61 Å². The molecule has 0 radical (unpaired) electrons. The highest BCUT2D eigenvalue weighted by atomic mass is 32.2. The third-order valence-corrected chi connectivity index (χ3v) is 4.46. The van der Waals surface area contributed by atoms with Gasteiger partial charge in [0.05, 0.1) is 24.2 Å². The predicted molar refractivity (Wildman–Crippen MR) is 94.2 cm³/mol. The summed E-state index contributed by atoms with van der Waals surface area (Å²) >= 11 is 1.65. The molecule has 1 N–H and O–H groups in total. The van der Waals surface area contributed by atoms with Crippen LogP contribution in [-0.4, -0.2) is 33.6 Å². The number of aromatic nitrogens is 2. The van der Waals surface area contributed by atoms with Crippen LogP contribution in [-0.2, 0) is 6.54 Å². The van der Waals surface area contributed by atoms with E-state index in [0.29, 0.717) is 13.2 Å². The minimum absolute atomic E-state index is 0.105. The van der Waals surface area contributed by atoms with E-state index in [1.54, 1.807) is 11.8 Å². The normalized spacial score (nSPS) is 11.0. The van der Waals surface area contributed by atoms with Crippen molar-refractivity contribution >= 4 is 22.8 Å². The molecule has 4 nitrogen and oxygen atoms in total. The summed E-state index contributed by atoms with van der Waals surface area (Å²) in [6, 6.07) is 16.1. The quantitative estimate of drug-likeness (QED) is 0.532. The molecular formula is C18H20N2O2S. The van der Waals surface area contributed by atoms with Crippen LogP contribution < -0.4 is 4.74 Å². The summed E-state index contributed by atoms with van der Waals surface area (Å²) in [5.74, 6) is 1.71. The van der Waals surface area contributed by atoms with Gasteiger partial charge in [0, 0.05) is 12.3 Å². The van der Waals surface area contributed by atoms with Crippen molar-refractivity contribution in [3.63, 3.8) is 0 Å². The van der Waals surface area contributed by atoms with Gasteiger partial charge in [0.1, 0.15) is 5.75 Å². The first kappa shape index (κ1) is 15.9. The molecule has 23 heavy (non-hydrogen) atoms. The molecule has 1 heterocycles. The average Bonchev–Trinajstić information content (AvgIpc) is 2.90. The second kappa shape index (κ2) is 7.53. The molecule has 0 saturated heterocycles. The fourth-order valence-corrected chi connectivity index (χ4v) is 3.33. The Morgan fingerprint density at radius 2 is 2.04 bits per heavy atom. The number of fused-ring (bicyclic) bond motifs is 1. The van der Waals surface area contributed by atoms with Gasteiger partial charge >= 0.3 is 0 Å². The number of aliphatic hydroxyl groups excluding tert-OH is 1. The molecule has 0 fully saturated rings. The number of imidazole rings is 1. The van der Waals surface area contributed by atoms with Crippen LogP contribution in [0.3, 0.4) is 0 Å². The zero-order valence-corrected chi connectivity index (χ0v) is 13.9. The smallest absolute Gasteiger partial charge is 0.169 e. The van der Waals surface area contributed by atoms with E-state index >= 15 is 0 Å². The predicted octanol–water partition coefficient (Wildman–Crippen LogP) is 3.51. The molecule has 5 heteroatoms.